The Labute approximate surface area is 130 Å². The van der Waals surface area contributed by atoms with Crippen molar-refractivity contribution in [3.63, 3.8) is 0 Å². The zero-order valence-electron chi connectivity index (χ0n) is 10.6. The van der Waals surface area contributed by atoms with Crippen molar-refractivity contribution in [1.82, 2.24) is 4.98 Å². The van der Waals surface area contributed by atoms with E-state index in [-0.39, 0.29) is 0 Å². The Morgan fingerprint density at radius 2 is 2.21 bits per heavy atom. The Morgan fingerprint density at radius 1 is 1.47 bits per heavy atom. The molecule has 6 heteroatoms. The lowest BCUT2D eigenvalue weighted by atomic mass is 10.2. The number of halogens is 1. The summed E-state index contributed by atoms with van der Waals surface area (Å²) in [5.74, 6) is 0.440. The lowest BCUT2D eigenvalue weighted by Crippen LogP contribution is -2.10. The van der Waals surface area contributed by atoms with E-state index in [1.54, 1.807) is 11.3 Å². The highest BCUT2D eigenvalue weighted by atomic mass is 79.9. The molecule has 0 bridgehead atoms. The number of nitrogens with one attached hydrogen (secondary N) is 1. The Hall–Kier alpha value is -0.980. The molecule has 3 N–H and O–H groups in total. The minimum Gasteiger partial charge on any atom is -0.389 e. The maximum absolute atomic E-state index is 5.62. The number of thiocarbonyl (C=S) groups is 1. The van der Waals surface area contributed by atoms with E-state index < -0.39 is 0 Å². The van der Waals surface area contributed by atoms with Gasteiger partial charge in [0.15, 0.2) is 5.13 Å². The average molecular weight is 356 g/mol. The van der Waals surface area contributed by atoms with E-state index in [4.69, 9.17) is 18.0 Å². The van der Waals surface area contributed by atoms with Gasteiger partial charge >= 0.3 is 0 Å². The van der Waals surface area contributed by atoms with Crippen LogP contribution in [0.25, 0.3) is 0 Å². The predicted molar refractivity (Wildman–Crippen MR) is 89.5 cm³/mol. The predicted octanol–water partition coefficient (Wildman–Crippen LogP) is 4.41. The molecule has 0 spiro atoms. The lowest BCUT2D eigenvalue weighted by molar-refractivity contribution is 0.834. The molecule has 19 heavy (non-hydrogen) atoms. The molecule has 0 unspecified atom stereocenters. The number of anilines is 2. The Balaban J connectivity index is 2.19. The van der Waals surface area contributed by atoms with Crippen LogP contribution in [-0.4, -0.2) is 9.97 Å². The van der Waals surface area contributed by atoms with E-state index in [1.165, 1.54) is 0 Å². The summed E-state index contributed by atoms with van der Waals surface area (Å²) < 4.78 is 0.880. The molecule has 0 amide bonds. The first kappa shape index (κ1) is 14.4. The smallest absolute Gasteiger partial charge is 0.187 e. The number of hydrogen-bond donors (Lipinski definition) is 2. The van der Waals surface area contributed by atoms with Gasteiger partial charge in [-0.1, -0.05) is 26.1 Å². The number of nitrogens with two attached hydrogens (primary N) is 1. The van der Waals surface area contributed by atoms with Crippen LogP contribution in [0.4, 0.5) is 10.8 Å². The van der Waals surface area contributed by atoms with Gasteiger partial charge in [0, 0.05) is 21.1 Å². The van der Waals surface area contributed by atoms with Crippen molar-refractivity contribution in [3.8, 4) is 0 Å². The third-order valence-electron chi connectivity index (χ3n) is 2.60. The van der Waals surface area contributed by atoms with Crippen molar-refractivity contribution < 1.29 is 0 Å². The van der Waals surface area contributed by atoms with Gasteiger partial charge in [-0.25, -0.2) is 4.98 Å². The number of nitrogens with zero attached hydrogens (tertiary/aromatic N) is 1. The van der Waals surface area contributed by atoms with Crippen LogP contribution in [0.2, 0.25) is 0 Å². The van der Waals surface area contributed by atoms with E-state index in [9.17, 15) is 0 Å². The minimum absolute atomic E-state index is 0.384. The maximum atomic E-state index is 5.62. The van der Waals surface area contributed by atoms with Crippen LogP contribution in [0.1, 0.15) is 31.0 Å². The summed E-state index contributed by atoms with van der Waals surface area (Å²) in [5, 5.41) is 6.24. The van der Waals surface area contributed by atoms with E-state index in [1.807, 2.05) is 18.2 Å². The summed E-state index contributed by atoms with van der Waals surface area (Å²) in [6.45, 7) is 4.26. The molecule has 0 radical (unpaired) electrons. The summed E-state index contributed by atoms with van der Waals surface area (Å²) in [5.41, 5.74) is 8.52. The van der Waals surface area contributed by atoms with Crippen LogP contribution >= 0.6 is 39.5 Å². The minimum atomic E-state index is 0.384. The molecular weight excluding hydrogens is 342 g/mol. The SMILES string of the molecule is CC(C)c1csc(Nc2ccc(C(N)=S)c(Br)c2)n1. The molecule has 0 fully saturated rings. The molecular formula is C13H14BrN3S2. The molecule has 1 heterocycles. The summed E-state index contributed by atoms with van der Waals surface area (Å²) in [7, 11) is 0. The standard InChI is InChI=1S/C13H14BrN3S2/c1-7(2)11-6-19-13(17-11)16-8-3-4-9(12(15)18)10(14)5-8/h3-7H,1-2H3,(H2,15,18)(H,16,17). The molecule has 0 aliphatic carbocycles. The van der Waals surface area contributed by atoms with Crippen molar-refractivity contribution in [2.24, 2.45) is 5.73 Å². The molecule has 0 aliphatic rings. The van der Waals surface area contributed by atoms with E-state index in [0.29, 0.717) is 10.9 Å². The monoisotopic (exact) mass is 355 g/mol. The Kier molecular flexibility index (Phi) is 4.54. The van der Waals surface area contributed by atoms with Gasteiger partial charge in [-0.05, 0) is 40.0 Å². The number of aromatic nitrogens is 1. The third-order valence-corrected chi connectivity index (χ3v) is 4.25. The van der Waals surface area contributed by atoms with Crippen molar-refractivity contribution in [2.75, 3.05) is 5.32 Å². The normalized spacial score (nSPS) is 10.7. The quantitative estimate of drug-likeness (QED) is 0.797. The second kappa shape index (κ2) is 5.98. The largest absolute Gasteiger partial charge is 0.389 e. The van der Waals surface area contributed by atoms with Crippen molar-refractivity contribution in [2.45, 2.75) is 19.8 Å². The fourth-order valence-corrected chi connectivity index (χ4v) is 3.32. The van der Waals surface area contributed by atoms with Gasteiger partial charge in [-0.15, -0.1) is 11.3 Å². The van der Waals surface area contributed by atoms with Gasteiger partial charge in [-0.3, -0.25) is 0 Å². The molecule has 100 valence electrons. The molecule has 0 saturated heterocycles. The molecule has 0 saturated carbocycles. The average Bonchev–Trinajstić information content (AvgIpc) is 2.77. The van der Waals surface area contributed by atoms with E-state index in [2.05, 4.69) is 45.5 Å². The second-order valence-corrected chi connectivity index (χ2v) is 6.57. The number of benzene rings is 1. The Bertz CT molecular complexity index is 608. The molecule has 2 aromatic rings. The van der Waals surface area contributed by atoms with Gasteiger partial charge < -0.3 is 11.1 Å². The third kappa shape index (κ3) is 3.52. The van der Waals surface area contributed by atoms with Gasteiger partial charge in [0.05, 0.1) is 5.69 Å². The highest BCUT2D eigenvalue weighted by molar-refractivity contribution is 9.10. The first-order valence-corrected chi connectivity index (χ1v) is 7.87. The van der Waals surface area contributed by atoms with Crippen LogP contribution in [0.3, 0.4) is 0 Å². The van der Waals surface area contributed by atoms with Crippen molar-refractivity contribution in [1.29, 1.82) is 0 Å². The van der Waals surface area contributed by atoms with Crippen LogP contribution in [0, 0.1) is 0 Å². The molecule has 1 aromatic carbocycles. The van der Waals surface area contributed by atoms with Crippen LogP contribution in [-0.2, 0) is 0 Å². The molecule has 3 nitrogen and oxygen atoms in total. The summed E-state index contributed by atoms with van der Waals surface area (Å²) in [6, 6.07) is 5.78. The highest BCUT2D eigenvalue weighted by Crippen LogP contribution is 2.27. The molecule has 0 aliphatic heterocycles. The zero-order chi connectivity index (χ0) is 14.0. The zero-order valence-corrected chi connectivity index (χ0v) is 13.8. The van der Waals surface area contributed by atoms with Crippen molar-refractivity contribution in [3.05, 3.63) is 39.3 Å². The fourth-order valence-electron chi connectivity index (χ4n) is 1.52. The second-order valence-electron chi connectivity index (χ2n) is 4.42. The molecule has 2 rings (SSSR count). The van der Waals surface area contributed by atoms with Gasteiger partial charge in [-0.2, -0.15) is 0 Å². The topological polar surface area (TPSA) is 50.9 Å². The van der Waals surface area contributed by atoms with E-state index in [0.717, 1.165) is 26.5 Å². The first-order valence-electron chi connectivity index (χ1n) is 5.79. The maximum Gasteiger partial charge on any atom is 0.187 e. The van der Waals surface area contributed by atoms with Crippen molar-refractivity contribution >= 4 is 55.3 Å². The molecule has 1 aromatic heterocycles. The van der Waals surface area contributed by atoms with Gasteiger partial charge in [0.2, 0.25) is 0 Å². The van der Waals surface area contributed by atoms with Gasteiger partial charge in [0.25, 0.3) is 0 Å². The first-order chi connectivity index (χ1) is 8.97. The van der Waals surface area contributed by atoms with Gasteiger partial charge in [0.1, 0.15) is 4.99 Å². The number of hydrogen-bond acceptors (Lipinski definition) is 4. The van der Waals surface area contributed by atoms with E-state index >= 15 is 0 Å². The van der Waals surface area contributed by atoms with Crippen LogP contribution in [0.15, 0.2) is 28.1 Å². The number of thiazole rings is 1. The Morgan fingerprint density at radius 3 is 2.74 bits per heavy atom. The highest BCUT2D eigenvalue weighted by Gasteiger charge is 2.07. The summed E-state index contributed by atoms with van der Waals surface area (Å²) in [4.78, 5) is 4.92. The summed E-state index contributed by atoms with van der Waals surface area (Å²) in [6.07, 6.45) is 0. The lowest BCUT2D eigenvalue weighted by Gasteiger charge is -2.07. The fraction of sp³-hybridized carbons (Fsp3) is 0.231. The number of rotatable bonds is 4. The molecule has 0 atom stereocenters. The summed E-state index contributed by atoms with van der Waals surface area (Å²) >= 11 is 10.0. The van der Waals surface area contributed by atoms with Crippen LogP contribution < -0.4 is 11.1 Å². The van der Waals surface area contributed by atoms with Crippen LogP contribution in [0.5, 0.6) is 0 Å².